The highest BCUT2D eigenvalue weighted by Crippen LogP contribution is 2.20. The molecule has 0 spiro atoms. The molecule has 0 aliphatic carbocycles. The minimum absolute atomic E-state index is 0.376. The minimum atomic E-state index is -4.38. The Labute approximate surface area is 99.8 Å². The van der Waals surface area contributed by atoms with E-state index in [-0.39, 0.29) is 5.56 Å². The average Bonchev–Trinajstić information content (AvgIpc) is 2.72. The average molecular weight is 265 g/mol. The van der Waals surface area contributed by atoms with E-state index in [4.69, 9.17) is 5.11 Å². The van der Waals surface area contributed by atoms with Crippen LogP contribution in [0.5, 0.6) is 0 Å². The lowest BCUT2D eigenvalue weighted by atomic mass is 10.2. The molecule has 0 unspecified atom stereocenters. The van der Waals surface area contributed by atoms with Gasteiger partial charge in [0.15, 0.2) is 0 Å². The molecule has 0 aromatic carbocycles. The van der Waals surface area contributed by atoms with Crippen LogP contribution >= 0.6 is 0 Å². The Kier molecular flexibility index (Phi) is 4.00. The summed E-state index contributed by atoms with van der Waals surface area (Å²) >= 11 is 0. The lowest BCUT2D eigenvalue weighted by Gasteiger charge is -2.17. The molecular weight excluding hydrogens is 255 g/mol. The van der Waals surface area contributed by atoms with E-state index in [9.17, 15) is 22.8 Å². The second-order valence-electron chi connectivity index (χ2n) is 3.56. The fourth-order valence-electron chi connectivity index (χ4n) is 1.21. The first-order valence-electron chi connectivity index (χ1n) is 4.85. The molecule has 0 radical (unpaired) electrons. The molecule has 0 aliphatic heterocycles. The smallest absolute Gasteiger partial charge is 0.390 e. The summed E-state index contributed by atoms with van der Waals surface area (Å²) in [6, 6.07) is 1.06. The Bertz CT molecular complexity index is 452. The number of hydrogen-bond donors (Lipinski definition) is 1. The van der Waals surface area contributed by atoms with Crippen molar-refractivity contribution >= 4 is 11.9 Å². The zero-order valence-corrected chi connectivity index (χ0v) is 9.32. The molecule has 0 atom stereocenters. The molecule has 1 aromatic heterocycles. The Morgan fingerprint density at radius 1 is 1.44 bits per heavy atom. The van der Waals surface area contributed by atoms with Crippen molar-refractivity contribution in [1.82, 2.24) is 4.90 Å². The number of furan rings is 1. The molecule has 1 aromatic rings. The first kappa shape index (κ1) is 14.1. The molecule has 5 nitrogen and oxygen atoms in total. The number of carboxylic acids is 1. The van der Waals surface area contributed by atoms with Gasteiger partial charge in [0, 0.05) is 13.6 Å². The van der Waals surface area contributed by atoms with Gasteiger partial charge in [0.05, 0.1) is 12.7 Å². The predicted octanol–water partition coefficient (Wildman–Crippen LogP) is 2.00. The number of carbonyl (C=O) groups excluding carboxylic acids is 1. The fraction of sp³-hybridized carbons (Fsp3) is 0.400. The van der Waals surface area contributed by atoms with Gasteiger partial charge in [0.2, 0.25) is 5.76 Å². The lowest BCUT2D eigenvalue weighted by Crippen LogP contribution is -2.31. The van der Waals surface area contributed by atoms with Crippen molar-refractivity contribution in [3.63, 3.8) is 0 Å². The molecule has 0 bridgehead atoms. The number of carboxylic acid groups (broad SMARTS) is 1. The Morgan fingerprint density at radius 2 is 2.06 bits per heavy atom. The van der Waals surface area contributed by atoms with Crippen LogP contribution < -0.4 is 0 Å². The summed E-state index contributed by atoms with van der Waals surface area (Å²) in [5, 5.41) is 8.73. The topological polar surface area (TPSA) is 70.8 Å². The number of amides is 1. The van der Waals surface area contributed by atoms with Gasteiger partial charge in [0.25, 0.3) is 5.91 Å². The lowest BCUT2D eigenvalue weighted by molar-refractivity contribution is -0.136. The zero-order valence-electron chi connectivity index (χ0n) is 9.32. The normalized spacial score (nSPS) is 11.3. The number of aromatic carboxylic acids is 1. The molecule has 0 saturated heterocycles. The maximum absolute atomic E-state index is 12.0. The first-order chi connectivity index (χ1) is 8.22. The summed E-state index contributed by atoms with van der Waals surface area (Å²) in [6.45, 7) is -0.567. The highest BCUT2D eigenvalue weighted by atomic mass is 19.4. The van der Waals surface area contributed by atoms with E-state index in [1.807, 2.05) is 0 Å². The standard InChI is InChI=1S/C10H10F3NO4/c1-14(4-3-10(11,12)13)8(15)7-6(9(16)17)2-5-18-7/h2,5H,3-4H2,1H3,(H,16,17). The minimum Gasteiger partial charge on any atom is -0.478 e. The van der Waals surface area contributed by atoms with E-state index in [2.05, 4.69) is 4.42 Å². The molecule has 0 aliphatic rings. The van der Waals surface area contributed by atoms with Gasteiger partial charge in [-0.2, -0.15) is 13.2 Å². The zero-order chi connectivity index (χ0) is 13.9. The van der Waals surface area contributed by atoms with Crippen molar-refractivity contribution in [1.29, 1.82) is 0 Å². The van der Waals surface area contributed by atoms with Crippen LogP contribution in [-0.4, -0.2) is 41.7 Å². The van der Waals surface area contributed by atoms with Crippen LogP contribution in [0.2, 0.25) is 0 Å². The van der Waals surface area contributed by atoms with Gasteiger partial charge in [-0.15, -0.1) is 0 Å². The van der Waals surface area contributed by atoms with E-state index >= 15 is 0 Å². The third-order valence-electron chi connectivity index (χ3n) is 2.17. The number of alkyl halides is 3. The van der Waals surface area contributed by atoms with Gasteiger partial charge < -0.3 is 14.4 Å². The quantitative estimate of drug-likeness (QED) is 0.903. The Hall–Kier alpha value is -1.99. The molecule has 1 heterocycles. The Balaban J connectivity index is 2.75. The molecule has 1 amide bonds. The molecule has 18 heavy (non-hydrogen) atoms. The first-order valence-corrected chi connectivity index (χ1v) is 4.85. The third-order valence-corrected chi connectivity index (χ3v) is 2.17. The van der Waals surface area contributed by atoms with E-state index in [1.54, 1.807) is 0 Å². The monoisotopic (exact) mass is 265 g/mol. The van der Waals surface area contributed by atoms with Gasteiger partial charge in [0.1, 0.15) is 5.56 Å². The van der Waals surface area contributed by atoms with Crippen LogP contribution in [0.3, 0.4) is 0 Å². The number of carbonyl (C=O) groups is 2. The molecular formula is C10H10F3NO4. The molecule has 0 fully saturated rings. The summed E-state index contributed by atoms with van der Waals surface area (Å²) in [6.07, 6.45) is -4.56. The van der Waals surface area contributed by atoms with E-state index < -0.39 is 36.8 Å². The second-order valence-corrected chi connectivity index (χ2v) is 3.56. The van der Waals surface area contributed by atoms with E-state index in [1.165, 1.54) is 0 Å². The predicted molar refractivity (Wildman–Crippen MR) is 53.3 cm³/mol. The van der Waals surface area contributed by atoms with Gasteiger partial charge in [-0.3, -0.25) is 4.79 Å². The SMILES string of the molecule is CN(CCC(F)(F)F)C(=O)c1occc1C(=O)O. The van der Waals surface area contributed by atoms with Crippen molar-refractivity contribution in [2.75, 3.05) is 13.6 Å². The van der Waals surface area contributed by atoms with E-state index in [0.29, 0.717) is 0 Å². The number of rotatable bonds is 4. The van der Waals surface area contributed by atoms with Gasteiger partial charge in [-0.05, 0) is 6.07 Å². The summed E-state index contributed by atoms with van der Waals surface area (Å²) in [4.78, 5) is 23.1. The van der Waals surface area contributed by atoms with Crippen LogP contribution in [0.25, 0.3) is 0 Å². The number of nitrogens with zero attached hydrogens (tertiary/aromatic N) is 1. The van der Waals surface area contributed by atoms with Crippen molar-refractivity contribution in [3.05, 3.63) is 23.7 Å². The summed E-state index contributed by atoms with van der Waals surface area (Å²) < 4.78 is 40.6. The van der Waals surface area contributed by atoms with Crippen LogP contribution in [0.15, 0.2) is 16.7 Å². The Morgan fingerprint density at radius 3 is 2.56 bits per heavy atom. The number of halogens is 3. The van der Waals surface area contributed by atoms with Gasteiger partial charge >= 0.3 is 12.1 Å². The maximum Gasteiger partial charge on any atom is 0.390 e. The van der Waals surface area contributed by atoms with Gasteiger partial charge in [-0.1, -0.05) is 0 Å². The molecule has 0 saturated carbocycles. The van der Waals surface area contributed by atoms with Gasteiger partial charge in [-0.25, -0.2) is 4.79 Å². The highest BCUT2D eigenvalue weighted by Gasteiger charge is 2.30. The van der Waals surface area contributed by atoms with E-state index in [0.717, 1.165) is 24.3 Å². The van der Waals surface area contributed by atoms with Crippen molar-refractivity contribution in [3.8, 4) is 0 Å². The second kappa shape index (κ2) is 5.11. The van der Waals surface area contributed by atoms with Crippen molar-refractivity contribution < 1.29 is 32.3 Å². The van der Waals surface area contributed by atoms with Crippen LogP contribution in [0.4, 0.5) is 13.2 Å². The number of hydrogen-bond acceptors (Lipinski definition) is 3. The molecule has 8 heteroatoms. The molecule has 1 N–H and O–H groups in total. The third kappa shape index (κ3) is 3.51. The van der Waals surface area contributed by atoms with Crippen LogP contribution in [-0.2, 0) is 0 Å². The molecule has 1 rings (SSSR count). The molecule has 100 valence electrons. The summed E-state index contributed by atoms with van der Waals surface area (Å²) in [7, 11) is 1.14. The van der Waals surface area contributed by atoms with Crippen LogP contribution in [0, 0.1) is 0 Å². The van der Waals surface area contributed by atoms with Crippen molar-refractivity contribution in [2.45, 2.75) is 12.6 Å². The van der Waals surface area contributed by atoms with Crippen LogP contribution in [0.1, 0.15) is 27.3 Å². The summed E-state index contributed by atoms with van der Waals surface area (Å²) in [5.41, 5.74) is -0.376. The maximum atomic E-state index is 12.0. The fourth-order valence-corrected chi connectivity index (χ4v) is 1.21. The summed E-state index contributed by atoms with van der Waals surface area (Å²) in [5.74, 6) is -2.76. The highest BCUT2D eigenvalue weighted by molar-refractivity contribution is 6.02. The van der Waals surface area contributed by atoms with Crippen molar-refractivity contribution in [2.24, 2.45) is 0 Å². The largest absolute Gasteiger partial charge is 0.478 e.